The molecule has 0 aliphatic heterocycles. The van der Waals surface area contributed by atoms with Gasteiger partial charge in [-0.25, -0.2) is 0 Å². The smallest absolute Gasteiger partial charge is 0.101 e. The summed E-state index contributed by atoms with van der Waals surface area (Å²) in [6.07, 6.45) is 0.336. The van der Waals surface area contributed by atoms with Crippen LogP contribution in [0.1, 0.15) is 25.8 Å². The van der Waals surface area contributed by atoms with Crippen LogP contribution < -0.4 is 11.1 Å². The first kappa shape index (κ1) is 13.3. The maximum atomic E-state index is 9.73. The molecule has 1 unspecified atom stereocenters. The van der Waals surface area contributed by atoms with Crippen molar-refractivity contribution in [1.82, 2.24) is 0 Å². The maximum Gasteiger partial charge on any atom is 0.101 e. The van der Waals surface area contributed by atoms with Crippen LogP contribution in [0.4, 0.5) is 11.4 Å². The Bertz CT molecular complexity index is 410. The van der Waals surface area contributed by atoms with Crippen LogP contribution >= 0.6 is 0 Å². The molecule has 1 aromatic carbocycles. The lowest BCUT2D eigenvalue weighted by atomic mass is 10.1. The van der Waals surface area contributed by atoms with E-state index in [1.807, 2.05) is 0 Å². The van der Waals surface area contributed by atoms with Crippen molar-refractivity contribution in [1.29, 1.82) is 5.26 Å². The molecule has 0 aliphatic rings. The average Bonchev–Trinajstić information content (AvgIpc) is 2.26. The molecule has 0 bridgehead atoms. The normalized spacial score (nSPS) is 12.2. The fourth-order valence-corrected chi connectivity index (χ4v) is 1.66. The molecule has 0 radical (unpaired) electrons. The van der Waals surface area contributed by atoms with Crippen LogP contribution in [-0.2, 0) is 0 Å². The number of nitrogens with two attached hydrogens (primary N) is 1. The van der Waals surface area contributed by atoms with Gasteiger partial charge in [-0.1, -0.05) is 13.8 Å². The number of hydrogen-bond acceptors (Lipinski definition) is 4. The number of anilines is 2. The molecule has 1 aromatic rings. The van der Waals surface area contributed by atoms with E-state index < -0.39 is 6.10 Å². The summed E-state index contributed by atoms with van der Waals surface area (Å²) in [6.45, 7) is 4.57. The number of aliphatic hydroxyl groups excluding tert-OH is 1. The van der Waals surface area contributed by atoms with Gasteiger partial charge in [-0.15, -0.1) is 0 Å². The third-order valence-corrected chi connectivity index (χ3v) is 2.44. The summed E-state index contributed by atoms with van der Waals surface area (Å²) in [4.78, 5) is 0. The minimum atomic E-state index is -0.404. The molecule has 4 N–H and O–H groups in total. The molecule has 0 saturated heterocycles. The Balaban J connectivity index is 2.61. The van der Waals surface area contributed by atoms with Crippen LogP contribution in [0.15, 0.2) is 18.2 Å². The van der Waals surface area contributed by atoms with Gasteiger partial charge in [-0.3, -0.25) is 0 Å². The Morgan fingerprint density at radius 2 is 2.18 bits per heavy atom. The van der Waals surface area contributed by atoms with Gasteiger partial charge < -0.3 is 16.2 Å². The summed E-state index contributed by atoms with van der Waals surface area (Å²) in [5.41, 5.74) is 7.38. The van der Waals surface area contributed by atoms with Gasteiger partial charge >= 0.3 is 0 Å². The zero-order valence-electron chi connectivity index (χ0n) is 10.3. The number of nitrogens with zero attached hydrogens (tertiary/aromatic N) is 1. The molecule has 0 fully saturated rings. The van der Waals surface area contributed by atoms with E-state index in [0.29, 0.717) is 29.4 Å². The molecule has 0 aromatic heterocycles. The summed E-state index contributed by atoms with van der Waals surface area (Å²) in [6, 6.07) is 7.19. The molecule has 1 rings (SSSR count). The van der Waals surface area contributed by atoms with Crippen LogP contribution in [0.3, 0.4) is 0 Å². The van der Waals surface area contributed by atoms with Gasteiger partial charge in [0, 0.05) is 12.2 Å². The molecule has 0 spiro atoms. The minimum Gasteiger partial charge on any atom is -0.399 e. The van der Waals surface area contributed by atoms with Gasteiger partial charge in [0.1, 0.15) is 6.07 Å². The first-order chi connectivity index (χ1) is 8.02. The molecule has 17 heavy (non-hydrogen) atoms. The van der Waals surface area contributed by atoms with Crippen LogP contribution in [0.2, 0.25) is 0 Å². The number of hydrogen-bond donors (Lipinski definition) is 3. The highest BCUT2D eigenvalue weighted by atomic mass is 16.3. The standard InChI is InChI=1S/C13H19N3O/c1-9(2)5-12(17)8-16-13-4-3-11(15)6-10(13)7-14/h3-4,6,9,12,16-17H,5,8,15H2,1-2H3. The third-order valence-electron chi connectivity index (χ3n) is 2.44. The van der Waals surface area contributed by atoms with Crippen LogP contribution in [-0.4, -0.2) is 17.8 Å². The van der Waals surface area contributed by atoms with Gasteiger partial charge in [-0.05, 0) is 30.5 Å². The summed E-state index contributed by atoms with van der Waals surface area (Å²) in [5.74, 6) is 0.452. The van der Waals surface area contributed by atoms with Gasteiger partial charge in [0.2, 0.25) is 0 Å². The van der Waals surface area contributed by atoms with Crippen molar-refractivity contribution in [2.75, 3.05) is 17.6 Å². The van der Waals surface area contributed by atoms with Crippen LogP contribution in [0, 0.1) is 17.2 Å². The SMILES string of the molecule is CC(C)CC(O)CNc1ccc(N)cc1C#N. The second-order valence-electron chi connectivity index (χ2n) is 4.58. The summed E-state index contributed by atoms with van der Waals surface area (Å²) >= 11 is 0. The zero-order valence-corrected chi connectivity index (χ0v) is 10.3. The van der Waals surface area contributed by atoms with E-state index in [1.165, 1.54) is 0 Å². The molecule has 0 amide bonds. The predicted octanol–water partition coefficient (Wildman–Crippen LogP) is 1.96. The topological polar surface area (TPSA) is 82.1 Å². The van der Waals surface area contributed by atoms with Crippen molar-refractivity contribution >= 4 is 11.4 Å². The number of benzene rings is 1. The maximum absolute atomic E-state index is 9.73. The van der Waals surface area contributed by atoms with Crippen molar-refractivity contribution < 1.29 is 5.11 Å². The number of nitrogen functional groups attached to an aromatic ring is 1. The van der Waals surface area contributed by atoms with Gasteiger partial charge in [0.05, 0.1) is 17.4 Å². The zero-order chi connectivity index (χ0) is 12.8. The van der Waals surface area contributed by atoms with E-state index in [4.69, 9.17) is 11.0 Å². The van der Waals surface area contributed by atoms with E-state index in [2.05, 4.69) is 25.2 Å². The highest BCUT2D eigenvalue weighted by Gasteiger charge is 2.08. The van der Waals surface area contributed by atoms with E-state index in [-0.39, 0.29) is 0 Å². The Morgan fingerprint density at radius 1 is 1.47 bits per heavy atom. The third kappa shape index (κ3) is 4.33. The monoisotopic (exact) mass is 233 g/mol. The molecule has 4 heteroatoms. The van der Waals surface area contributed by atoms with Crippen molar-refractivity contribution in [2.24, 2.45) is 5.92 Å². The number of nitrogens with one attached hydrogen (secondary N) is 1. The average molecular weight is 233 g/mol. The molecule has 0 aliphatic carbocycles. The first-order valence-electron chi connectivity index (χ1n) is 5.74. The molecule has 1 atom stereocenters. The van der Waals surface area contributed by atoms with E-state index in [1.54, 1.807) is 18.2 Å². The Hall–Kier alpha value is -1.73. The Labute approximate surface area is 102 Å². The lowest BCUT2D eigenvalue weighted by molar-refractivity contribution is 0.161. The lowest BCUT2D eigenvalue weighted by Crippen LogP contribution is -2.21. The summed E-state index contributed by atoms with van der Waals surface area (Å²) < 4.78 is 0. The first-order valence-corrected chi connectivity index (χ1v) is 5.74. The Kier molecular flexibility index (Phi) is 4.80. The van der Waals surface area contributed by atoms with Gasteiger partial charge in [0.15, 0.2) is 0 Å². The minimum absolute atomic E-state index is 0.404. The quantitative estimate of drug-likeness (QED) is 0.679. The molecule has 0 heterocycles. The van der Waals surface area contributed by atoms with E-state index >= 15 is 0 Å². The van der Waals surface area contributed by atoms with Crippen molar-refractivity contribution in [2.45, 2.75) is 26.4 Å². The number of rotatable bonds is 5. The fourth-order valence-electron chi connectivity index (χ4n) is 1.66. The Morgan fingerprint density at radius 3 is 2.76 bits per heavy atom. The number of nitriles is 1. The number of aliphatic hydroxyl groups is 1. The van der Waals surface area contributed by atoms with Crippen molar-refractivity contribution in [3.8, 4) is 6.07 Å². The summed E-state index contributed by atoms with van der Waals surface area (Å²) in [5, 5.41) is 21.7. The van der Waals surface area contributed by atoms with Crippen molar-refractivity contribution in [3.05, 3.63) is 23.8 Å². The highest BCUT2D eigenvalue weighted by Crippen LogP contribution is 2.18. The molecular formula is C13H19N3O. The second-order valence-corrected chi connectivity index (χ2v) is 4.58. The van der Waals surface area contributed by atoms with Gasteiger partial charge in [-0.2, -0.15) is 5.26 Å². The van der Waals surface area contributed by atoms with Gasteiger partial charge in [0.25, 0.3) is 0 Å². The summed E-state index contributed by atoms with van der Waals surface area (Å²) in [7, 11) is 0. The van der Waals surface area contributed by atoms with E-state index in [0.717, 1.165) is 6.42 Å². The molecule has 4 nitrogen and oxygen atoms in total. The molecule has 92 valence electrons. The fraction of sp³-hybridized carbons (Fsp3) is 0.462. The molecule has 0 saturated carbocycles. The highest BCUT2D eigenvalue weighted by molar-refractivity contribution is 5.62. The molecular weight excluding hydrogens is 214 g/mol. The van der Waals surface area contributed by atoms with Crippen LogP contribution in [0.25, 0.3) is 0 Å². The second kappa shape index (κ2) is 6.12. The van der Waals surface area contributed by atoms with Crippen molar-refractivity contribution in [3.63, 3.8) is 0 Å². The van der Waals surface area contributed by atoms with E-state index in [9.17, 15) is 5.11 Å². The lowest BCUT2D eigenvalue weighted by Gasteiger charge is -2.15. The largest absolute Gasteiger partial charge is 0.399 e. The predicted molar refractivity (Wildman–Crippen MR) is 69.5 cm³/mol. The van der Waals surface area contributed by atoms with Crippen LogP contribution in [0.5, 0.6) is 0 Å².